The molecule has 0 radical (unpaired) electrons. The summed E-state index contributed by atoms with van der Waals surface area (Å²) in [6.45, 7) is 6.65. The largest absolute Gasteiger partial charge is 0.506 e. The number of nitrogens with one attached hydrogen (secondary N) is 2. The third kappa shape index (κ3) is 5.23. The van der Waals surface area contributed by atoms with Gasteiger partial charge in [0.15, 0.2) is 0 Å². The molecule has 0 aliphatic carbocycles. The van der Waals surface area contributed by atoms with Crippen molar-refractivity contribution in [1.82, 2.24) is 0 Å². The molecular weight excluding hydrogens is 364 g/mol. The zero-order valence-corrected chi connectivity index (χ0v) is 16.1. The van der Waals surface area contributed by atoms with Gasteiger partial charge in [-0.3, -0.25) is 9.59 Å². The van der Waals surface area contributed by atoms with Gasteiger partial charge in [-0.15, -0.1) is 0 Å². The van der Waals surface area contributed by atoms with Gasteiger partial charge in [0.05, 0.1) is 12.3 Å². The maximum absolute atomic E-state index is 11.8. The summed E-state index contributed by atoms with van der Waals surface area (Å²) in [5.41, 5.74) is 2.10. The molecule has 2 amide bonds. The number of esters is 1. The number of phenols is 1. The van der Waals surface area contributed by atoms with Crippen molar-refractivity contribution in [2.24, 2.45) is 0 Å². The summed E-state index contributed by atoms with van der Waals surface area (Å²) in [4.78, 5) is 34.5. The Balaban J connectivity index is 2.23. The van der Waals surface area contributed by atoms with Crippen LogP contribution in [0.15, 0.2) is 30.3 Å². The first-order valence-corrected chi connectivity index (χ1v) is 8.59. The smallest absolute Gasteiger partial charge is 0.397 e. The molecule has 0 fully saturated rings. The maximum atomic E-state index is 11.8. The summed E-state index contributed by atoms with van der Waals surface area (Å²) in [6, 6.07) is 7.81. The monoisotopic (exact) mass is 386 g/mol. The fraction of sp³-hybridized carbons (Fsp3) is 0.250. The minimum Gasteiger partial charge on any atom is -0.506 e. The number of rotatable bonds is 5. The van der Waals surface area contributed by atoms with E-state index in [1.165, 1.54) is 19.1 Å². The number of hydrogen-bond acceptors (Lipinski definition) is 6. The molecule has 0 aliphatic rings. The minimum atomic E-state index is -0.951. The van der Waals surface area contributed by atoms with E-state index in [9.17, 15) is 19.5 Å². The van der Waals surface area contributed by atoms with Crippen molar-refractivity contribution in [3.63, 3.8) is 0 Å². The molecule has 0 atom stereocenters. The molecule has 0 heterocycles. The van der Waals surface area contributed by atoms with E-state index in [4.69, 9.17) is 4.74 Å². The molecule has 0 aromatic heterocycles. The number of amides is 2. The quantitative estimate of drug-likeness (QED) is 0.413. The second-order valence-electron chi connectivity index (χ2n) is 6.08. The molecule has 28 heavy (non-hydrogen) atoms. The fourth-order valence-electron chi connectivity index (χ4n) is 2.55. The first-order valence-electron chi connectivity index (χ1n) is 8.59. The van der Waals surface area contributed by atoms with E-state index < -0.39 is 11.9 Å². The molecule has 148 valence electrons. The van der Waals surface area contributed by atoms with Gasteiger partial charge in [0, 0.05) is 18.7 Å². The average molecular weight is 386 g/mol. The summed E-state index contributed by atoms with van der Waals surface area (Å²) in [5, 5.41) is 14.8. The normalized spacial score (nSPS) is 10.1. The zero-order valence-electron chi connectivity index (χ0n) is 16.1. The number of carbonyl (C=O) groups is 3. The van der Waals surface area contributed by atoms with Crippen molar-refractivity contribution >= 4 is 29.2 Å². The van der Waals surface area contributed by atoms with Gasteiger partial charge in [-0.1, -0.05) is 0 Å². The molecule has 0 unspecified atom stereocenters. The molecule has 0 aliphatic heterocycles. The van der Waals surface area contributed by atoms with Gasteiger partial charge in [-0.2, -0.15) is 0 Å². The van der Waals surface area contributed by atoms with Crippen LogP contribution >= 0.6 is 0 Å². The summed E-state index contributed by atoms with van der Waals surface area (Å²) in [7, 11) is 0. The van der Waals surface area contributed by atoms with E-state index in [1.807, 2.05) is 0 Å². The molecule has 3 N–H and O–H groups in total. The van der Waals surface area contributed by atoms with Crippen LogP contribution < -0.4 is 15.4 Å². The van der Waals surface area contributed by atoms with Crippen LogP contribution in [0.25, 0.3) is 0 Å². The average Bonchev–Trinajstić information content (AvgIpc) is 2.60. The van der Waals surface area contributed by atoms with E-state index >= 15 is 0 Å². The van der Waals surface area contributed by atoms with Crippen molar-refractivity contribution in [1.29, 1.82) is 0 Å². The van der Waals surface area contributed by atoms with Gasteiger partial charge < -0.3 is 25.2 Å². The van der Waals surface area contributed by atoms with Gasteiger partial charge in [0.2, 0.25) is 5.91 Å². The summed E-state index contributed by atoms with van der Waals surface area (Å²) < 4.78 is 10.6. The van der Waals surface area contributed by atoms with Crippen molar-refractivity contribution in [2.45, 2.75) is 27.7 Å². The lowest BCUT2D eigenvalue weighted by Crippen LogP contribution is -2.25. The van der Waals surface area contributed by atoms with E-state index in [-0.39, 0.29) is 24.0 Å². The van der Waals surface area contributed by atoms with Crippen LogP contribution in [-0.4, -0.2) is 29.5 Å². The van der Waals surface area contributed by atoms with E-state index in [2.05, 4.69) is 15.4 Å². The Hall–Kier alpha value is -3.55. The van der Waals surface area contributed by atoms with Gasteiger partial charge in [0.1, 0.15) is 17.2 Å². The predicted molar refractivity (Wildman–Crippen MR) is 104 cm³/mol. The van der Waals surface area contributed by atoms with Crippen LogP contribution in [0.1, 0.15) is 25.0 Å². The Kier molecular flexibility index (Phi) is 6.59. The van der Waals surface area contributed by atoms with Gasteiger partial charge in [-0.05, 0) is 56.2 Å². The minimum absolute atomic E-state index is 0.0759. The third-order valence-electron chi connectivity index (χ3n) is 3.68. The Morgan fingerprint density at radius 3 is 2.25 bits per heavy atom. The van der Waals surface area contributed by atoms with Crippen molar-refractivity contribution < 1.29 is 29.0 Å². The van der Waals surface area contributed by atoms with Crippen molar-refractivity contribution in [3.05, 3.63) is 41.5 Å². The van der Waals surface area contributed by atoms with E-state index in [1.54, 1.807) is 39.0 Å². The standard InChI is InChI=1S/C20H22N2O6/c1-5-27-20(26)19(25)22-14-8-11(2)18(12(3)9-14)28-15-6-7-17(24)16(10-15)21-13(4)23/h6-10,24H,5H2,1-4H3,(H,21,23)(H,22,25). The first-order chi connectivity index (χ1) is 13.2. The number of aryl methyl sites for hydroxylation is 2. The third-order valence-corrected chi connectivity index (χ3v) is 3.68. The van der Waals surface area contributed by atoms with Crippen LogP contribution in [0.5, 0.6) is 17.2 Å². The molecular formula is C20H22N2O6. The van der Waals surface area contributed by atoms with Crippen LogP contribution in [0, 0.1) is 13.8 Å². The second kappa shape index (κ2) is 8.90. The van der Waals surface area contributed by atoms with Crippen LogP contribution in [0.4, 0.5) is 11.4 Å². The van der Waals surface area contributed by atoms with Crippen LogP contribution in [0.3, 0.4) is 0 Å². The van der Waals surface area contributed by atoms with Crippen LogP contribution in [-0.2, 0) is 19.1 Å². The number of aromatic hydroxyl groups is 1. The van der Waals surface area contributed by atoms with E-state index in [0.717, 1.165) is 0 Å². The highest BCUT2D eigenvalue weighted by atomic mass is 16.5. The highest BCUT2D eigenvalue weighted by Crippen LogP contribution is 2.35. The molecule has 2 aromatic carbocycles. The lowest BCUT2D eigenvalue weighted by Gasteiger charge is -2.15. The molecule has 0 saturated heterocycles. The van der Waals surface area contributed by atoms with Crippen molar-refractivity contribution in [2.75, 3.05) is 17.2 Å². The Morgan fingerprint density at radius 2 is 1.68 bits per heavy atom. The summed E-state index contributed by atoms with van der Waals surface area (Å²) in [5.74, 6) is -1.24. The molecule has 0 bridgehead atoms. The van der Waals surface area contributed by atoms with Gasteiger partial charge in [-0.25, -0.2) is 4.79 Å². The molecule has 2 aromatic rings. The lowest BCUT2D eigenvalue weighted by molar-refractivity contribution is -0.152. The number of hydrogen-bond donors (Lipinski definition) is 3. The molecule has 0 spiro atoms. The molecule has 0 saturated carbocycles. The highest BCUT2D eigenvalue weighted by Gasteiger charge is 2.16. The fourth-order valence-corrected chi connectivity index (χ4v) is 2.55. The summed E-state index contributed by atoms with van der Waals surface area (Å²) in [6.07, 6.45) is 0. The van der Waals surface area contributed by atoms with Crippen molar-refractivity contribution in [3.8, 4) is 17.2 Å². The Bertz CT molecular complexity index is 900. The SMILES string of the molecule is CCOC(=O)C(=O)Nc1cc(C)c(Oc2ccc(O)c(NC(C)=O)c2)c(C)c1. The lowest BCUT2D eigenvalue weighted by atomic mass is 10.1. The first kappa shape index (κ1) is 20.8. The van der Waals surface area contributed by atoms with Gasteiger partial charge >= 0.3 is 11.9 Å². The number of carbonyl (C=O) groups excluding carboxylic acids is 3. The van der Waals surface area contributed by atoms with Gasteiger partial charge in [0.25, 0.3) is 0 Å². The molecule has 8 heteroatoms. The number of ether oxygens (including phenoxy) is 2. The summed E-state index contributed by atoms with van der Waals surface area (Å²) >= 11 is 0. The predicted octanol–water partition coefficient (Wildman–Crippen LogP) is 3.26. The number of anilines is 2. The number of phenolic OH excluding ortho intramolecular Hbond substituents is 1. The van der Waals surface area contributed by atoms with E-state index in [0.29, 0.717) is 28.3 Å². The Labute approximate surface area is 162 Å². The number of benzene rings is 2. The Morgan fingerprint density at radius 1 is 1.04 bits per heavy atom. The zero-order chi connectivity index (χ0) is 20.8. The highest BCUT2D eigenvalue weighted by molar-refractivity contribution is 6.37. The second-order valence-corrected chi connectivity index (χ2v) is 6.08. The van der Waals surface area contributed by atoms with Crippen LogP contribution in [0.2, 0.25) is 0 Å². The molecule has 8 nitrogen and oxygen atoms in total. The molecule has 2 rings (SSSR count). The maximum Gasteiger partial charge on any atom is 0.397 e. The topological polar surface area (TPSA) is 114 Å².